The molecule has 1 aromatic heterocycles. The molecule has 0 aliphatic carbocycles. The molecule has 4 rings (SSSR count). The Bertz CT molecular complexity index is 967. The Balaban J connectivity index is 1.41. The summed E-state index contributed by atoms with van der Waals surface area (Å²) in [6.45, 7) is 5.91. The second-order valence-corrected chi connectivity index (χ2v) is 8.11. The maximum atomic E-state index is 6.51. The van der Waals surface area contributed by atoms with E-state index in [0.29, 0.717) is 6.54 Å². The summed E-state index contributed by atoms with van der Waals surface area (Å²) < 4.78 is 12.5. The van der Waals surface area contributed by atoms with E-state index in [1.54, 1.807) is 0 Å². The van der Waals surface area contributed by atoms with Gasteiger partial charge in [-0.2, -0.15) is 0 Å². The molecule has 0 bridgehead atoms. The summed E-state index contributed by atoms with van der Waals surface area (Å²) in [7, 11) is 0. The number of furan rings is 1. The quantitative estimate of drug-likeness (QED) is 0.497. The summed E-state index contributed by atoms with van der Waals surface area (Å²) >= 11 is 10.0. The Morgan fingerprint density at radius 1 is 1.07 bits per heavy atom. The lowest BCUT2D eigenvalue weighted by Gasteiger charge is -2.29. The highest BCUT2D eigenvalue weighted by atomic mass is 79.9. The predicted molar refractivity (Wildman–Crippen MR) is 118 cm³/mol. The smallest absolute Gasteiger partial charge is 0.134 e. The number of halogens is 2. The van der Waals surface area contributed by atoms with E-state index in [1.807, 2.05) is 24.3 Å². The minimum Gasteiger partial charge on any atom is -0.459 e. The highest BCUT2D eigenvalue weighted by molar-refractivity contribution is 9.10. The first-order chi connectivity index (χ1) is 13.6. The first-order valence-electron chi connectivity index (χ1n) is 9.31. The number of nitrogens with zero attached hydrogens (tertiary/aromatic N) is 1. The third-order valence-electron chi connectivity index (χ3n) is 4.87. The summed E-state index contributed by atoms with van der Waals surface area (Å²) in [4.78, 5) is 2.26. The van der Waals surface area contributed by atoms with Crippen LogP contribution in [0.5, 0.6) is 0 Å². The van der Waals surface area contributed by atoms with Crippen molar-refractivity contribution in [3.63, 3.8) is 0 Å². The van der Waals surface area contributed by atoms with Crippen molar-refractivity contribution >= 4 is 38.9 Å². The lowest BCUT2D eigenvalue weighted by molar-refractivity contribution is 0.122. The number of hydrogen-bond donors (Lipinski definition) is 1. The Kier molecular flexibility index (Phi) is 5.95. The van der Waals surface area contributed by atoms with E-state index >= 15 is 0 Å². The van der Waals surface area contributed by atoms with E-state index in [0.717, 1.165) is 64.3 Å². The second kappa shape index (κ2) is 8.60. The van der Waals surface area contributed by atoms with Crippen molar-refractivity contribution in [3.8, 4) is 11.3 Å². The molecule has 1 fully saturated rings. The molecule has 28 heavy (non-hydrogen) atoms. The highest BCUT2D eigenvalue weighted by Gasteiger charge is 2.14. The zero-order chi connectivity index (χ0) is 19.5. The molecule has 0 unspecified atom stereocenters. The standard InChI is InChI=1S/C22H22BrClN2O2/c1-15-12-16(2-5-19(15)23)22-7-4-18(28-22)14-25-17-3-6-21(20(24)13-17)26-8-10-27-11-9-26/h2-7,12-13,25H,8-11,14H2,1H3. The van der Waals surface area contributed by atoms with Gasteiger partial charge in [0.15, 0.2) is 0 Å². The van der Waals surface area contributed by atoms with Gasteiger partial charge in [-0.15, -0.1) is 0 Å². The molecule has 4 nitrogen and oxygen atoms in total. The minimum atomic E-state index is 0.600. The number of benzene rings is 2. The molecule has 0 saturated carbocycles. The SMILES string of the molecule is Cc1cc(-c2ccc(CNc3ccc(N4CCOCC4)c(Cl)c3)o2)ccc1Br. The van der Waals surface area contributed by atoms with Crippen LogP contribution in [-0.2, 0) is 11.3 Å². The number of anilines is 2. The average Bonchev–Trinajstić information content (AvgIpc) is 3.18. The van der Waals surface area contributed by atoms with E-state index in [9.17, 15) is 0 Å². The van der Waals surface area contributed by atoms with Gasteiger partial charge in [-0.25, -0.2) is 0 Å². The van der Waals surface area contributed by atoms with Crippen LogP contribution in [-0.4, -0.2) is 26.3 Å². The van der Waals surface area contributed by atoms with E-state index in [2.05, 4.69) is 57.3 Å². The molecule has 3 aromatic rings. The normalized spacial score (nSPS) is 14.3. The van der Waals surface area contributed by atoms with Gasteiger partial charge in [-0.3, -0.25) is 0 Å². The minimum absolute atomic E-state index is 0.600. The predicted octanol–water partition coefficient (Wildman–Crippen LogP) is 6.12. The van der Waals surface area contributed by atoms with Crippen molar-refractivity contribution in [1.29, 1.82) is 0 Å². The summed E-state index contributed by atoms with van der Waals surface area (Å²) in [5.74, 6) is 1.75. The highest BCUT2D eigenvalue weighted by Crippen LogP contribution is 2.30. The molecule has 0 atom stereocenters. The van der Waals surface area contributed by atoms with Crippen molar-refractivity contribution in [1.82, 2.24) is 0 Å². The zero-order valence-corrected chi connectivity index (χ0v) is 18.0. The molecule has 0 amide bonds. The number of aryl methyl sites for hydroxylation is 1. The van der Waals surface area contributed by atoms with Gasteiger partial charge in [0.05, 0.1) is 30.5 Å². The molecule has 6 heteroatoms. The third-order valence-corrected chi connectivity index (χ3v) is 6.06. The maximum Gasteiger partial charge on any atom is 0.134 e. The lowest BCUT2D eigenvalue weighted by atomic mass is 10.1. The Morgan fingerprint density at radius 3 is 2.64 bits per heavy atom. The van der Waals surface area contributed by atoms with Gasteiger partial charge in [0.2, 0.25) is 0 Å². The number of hydrogen-bond acceptors (Lipinski definition) is 4. The van der Waals surface area contributed by atoms with Gasteiger partial charge in [0.1, 0.15) is 11.5 Å². The molecule has 1 aliphatic rings. The molecule has 2 aromatic carbocycles. The van der Waals surface area contributed by atoms with E-state index in [1.165, 1.54) is 5.56 Å². The van der Waals surface area contributed by atoms with Crippen LogP contribution in [0.3, 0.4) is 0 Å². The van der Waals surface area contributed by atoms with Crippen LogP contribution in [0, 0.1) is 6.92 Å². The molecule has 0 radical (unpaired) electrons. The van der Waals surface area contributed by atoms with Gasteiger partial charge >= 0.3 is 0 Å². The molecule has 1 saturated heterocycles. The van der Waals surface area contributed by atoms with Crippen LogP contribution in [0.1, 0.15) is 11.3 Å². The zero-order valence-electron chi connectivity index (χ0n) is 15.7. The van der Waals surface area contributed by atoms with Gasteiger partial charge < -0.3 is 19.4 Å². The Morgan fingerprint density at radius 2 is 1.89 bits per heavy atom. The Hall–Kier alpha value is -1.95. The summed E-state index contributed by atoms with van der Waals surface area (Å²) in [5.41, 5.74) is 4.29. The average molecular weight is 462 g/mol. The summed E-state index contributed by atoms with van der Waals surface area (Å²) in [5, 5.41) is 4.14. The molecule has 2 heterocycles. The first-order valence-corrected chi connectivity index (χ1v) is 10.5. The van der Waals surface area contributed by atoms with Crippen LogP contribution in [0.25, 0.3) is 11.3 Å². The largest absolute Gasteiger partial charge is 0.459 e. The van der Waals surface area contributed by atoms with E-state index in [4.69, 9.17) is 20.8 Å². The van der Waals surface area contributed by atoms with Crippen LogP contribution in [0.2, 0.25) is 5.02 Å². The molecule has 146 valence electrons. The number of ether oxygens (including phenoxy) is 1. The van der Waals surface area contributed by atoms with Crippen molar-refractivity contribution in [2.75, 3.05) is 36.5 Å². The second-order valence-electron chi connectivity index (χ2n) is 6.85. The topological polar surface area (TPSA) is 37.6 Å². The van der Waals surface area contributed by atoms with Crippen molar-refractivity contribution in [3.05, 3.63) is 69.3 Å². The van der Waals surface area contributed by atoms with Gasteiger partial charge in [0.25, 0.3) is 0 Å². The molecule has 1 aliphatic heterocycles. The van der Waals surface area contributed by atoms with Crippen LogP contribution in [0.4, 0.5) is 11.4 Å². The number of morpholine rings is 1. The maximum absolute atomic E-state index is 6.51. The molecular formula is C22H22BrClN2O2. The summed E-state index contributed by atoms with van der Waals surface area (Å²) in [6.07, 6.45) is 0. The van der Waals surface area contributed by atoms with Crippen molar-refractivity contribution in [2.45, 2.75) is 13.5 Å². The molecule has 1 N–H and O–H groups in total. The van der Waals surface area contributed by atoms with Gasteiger partial charge in [0, 0.05) is 28.8 Å². The molecule has 0 spiro atoms. The van der Waals surface area contributed by atoms with Crippen LogP contribution >= 0.6 is 27.5 Å². The fourth-order valence-corrected chi connectivity index (χ4v) is 3.84. The number of rotatable bonds is 5. The van der Waals surface area contributed by atoms with E-state index in [-0.39, 0.29) is 0 Å². The fourth-order valence-electron chi connectivity index (χ4n) is 3.29. The van der Waals surface area contributed by atoms with Crippen LogP contribution in [0.15, 0.2) is 57.4 Å². The number of nitrogens with one attached hydrogen (secondary N) is 1. The first kappa shape index (κ1) is 19.4. The van der Waals surface area contributed by atoms with Crippen LogP contribution < -0.4 is 10.2 Å². The van der Waals surface area contributed by atoms with Gasteiger partial charge in [-0.1, -0.05) is 33.6 Å². The third kappa shape index (κ3) is 4.37. The summed E-state index contributed by atoms with van der Waals surface area (Å²) in [6, 6.07) is 16.3. The Labute approximate surface area is 178 Å². The monoisotopic (exact) mass is 460 g/mol. The lowest BCUT2D eigenvalue weighted by Crippen LogP contribution is -2.36. The van der Waals surface area contributed by atoms with Crippen molar-refractivity contribution < 1.29 is 9.15 Å². The van der Waals surface area contributed by atoms with Crippen molar-refractivity contribution in [2.24, 2.45) is 0 Å². The van der Waals surface area contributed by atoms with E-state index < -0.39 is 0 Å². The molecular weight excluding hydrogens is 440 g/mol. The fraction of sp³-hybridized carbons (Fsp3) is 0.273. The van der Waals surface area contributed by atoms with Gasteiger partial charge in [-0.05, 0) is 55.0 Å².